The third-order valence-corrected chi connectivity index (χ3v) is 3.20. The minimum absolute atomic E-state index is 0.169. The Morgan fingerprint density at radius 2 is 2.06 bits per heavy atom. The van der Waals surface area contributed by atoms with Gasteiger partial charge in [-0.1, -0.05) is 12.8 Å². The quantitative estimate of drug-likeness (QED) is 0.749. The lowest BCUT2D eigenvalue weighted by Crippen LogP contribution is -2.36. The molecule has 94 valence electrons. The smallest absolute Gasteiger partial charge is 0.0741 e. The van der Waals surface area contributed by atoms with Crippen molar-refractivity contribution in [2.75, 3.05) is 17.2 Å². The average Bonchev–Trinajstić information content (AvgIpc) is 2.33. The molecule has 2 rings (SSSR count). The van der Waals surface area contributed by atoms with Crippen molar-refractivity contribution >= 4 is 11.4 Å². The molecule has 1 heterocycles. The minimum atomic E-state index is -0.230. The van der Waals surface area contributed by atoms with Crippen LogP contribution in [0.3, 0.4) is 0 Å². The first-order chi connectivity index (χ1) is 8.29. The Morgan fingerprint density at radius 3 is 2.82 bits per heavy atom. The average molecular weight is 235 g/mol. The zero-order chi connectivity index (χ0) is 12.1. The third kappa shape index (κ3) is 3.33. The first kappa shape index (κ1) is 12.2. The second kappa shape index (κ2) is 5.87. The minimum Gasteiger partial charge on any atom is -0.391 e. The van der Waals surface area contributed by atoms with Crippen LogP contribution in [0.2, 0.25) is 0 Å². The van der Waals surface area contributed by atoms with E-state index in [1.165, 1.54) is 6.42 Å². The summed E-state index contributed by atoms with van der Waals surface area (Å²) in [6, 6.07) is 2.21. The van der Waals surface area contributed by atoms with Gasteiger partial charge in [0.1, 0.15) is 0 Å². The molecule has 17 heavy (non-hydrogen) atoms. The fourth-order valence-corrected chi connectivity index (χ4v) is 2.31. The topological polar surface area (TPSA) is 57.2 Å². The van der Waals surface area contributed by atoms with E-state index in [9.17, 15) is 5.11 Å². The van der Waals surface area contributed by atoms with Gasteiger partial charge in [-0.3, -0.25) is 4.98 Å². The summed E-state index contributed by atoms with van der Waals surface area (Å²) in [5, 5.41) is 16.5. The zero-order valence-electron chi connectivity index (χ0n) is 10.3. The normalized spacial score (nSPS) is 24.4. The predicted octanol–water partition coefficient (Wildman–Crippen LogP) is 2.23. The van der Waals surface area contributed by atoms with Gasteiger partial charge in [0.25, 0.3) is 0 Å². The number of nitrogens with zero attached hydrogens (tertiary/aromatic N) is 1. The van der Waals surface area contributed by atoms with E-state index < -0.39 is 0 Å². The number of aromatic nitrogens is 1. The van der Waals surface area contributed by atoms with Crippen LogP contribution in [0.25, 0.3) is 0 Å². The van der Waals surface area contributed by atoms with Gasteiger partial charge in [-0.05, 0) is 25.8 Å². The number of hydrogen-bond acceptors (Lipinski definition) is 4. The predicted molar refractivity (Wildman–Crippen MR) is 70.3 cm³/mol. The summed E-state index contributed by atoms with van der Waals surface area (Å²) in [4.78, 5) is 4.19. The molecule has 0 radical (unpaired) electrons. The Labute approximate surface area is 102 Å². The van der Waals surface area contributed by atoms with Crippen LogP contribution in [0.1, 0.15) is 32.6 Å². The van der Waals surface area contributed by atoms with E-state index in [0.717, 1.165) is 37.2 Å². The number of aliphatic hydroxyl groups excluding tert-OH is 1. The van der Waals surface area contributed by atoms with Gasteiger partial charge in [0.05, 0.1) is 35.9 Å². The fourth-order valence-electron chi connectivity index (χ4n) is 2.31. The highest BCUT2D eigenvalue weighted by molar-refractivity contribution is 5.54. The highest BCUT2D eigenvalue weighted by Crippen LogP contribution is 2.23. The summed E-state index contributed by atoms with van der Waals surface area (Å²) >= 11 is 0. The summed E-state index contributed by atoms with van der Waals surface area (Å²) in [6.07, 6.45) is 7.65. The maximum Gasteiger partial charge on any atom is 0.0741 e. The number of pyridine rings is 1. The lowest BCUT2D eigenvalue weighted by atomic mass is 9.92. The monoisotopic (exact) mass is 235 g/mol. The molecule has 1 saturated carbocycles. The molecule has 0 bridgehead atoms. The lowest BCUT2D eigenvalue weighted by molar-refractivity contribution is 0.116. The Balaban J connectivity index is 1.99. The van der Waals surface area contributed by atoms with Crippen LogP contribution in [0.4, 0.5) is 11.4 Å². The molecule has 4 nitrogen and oxygen atoms in total. The molecule has 0 aromatic carbocycles. The van der Waals surface area contributed by atoms with Crippen LogP contribution < -0.4 is 10.6 Å². The van der Waals surface area contributed by atoms with Crippen LogP contribution in [0.5, 0.6) is 0 Å². The molecule has 0 spiro atoms. The molecule has 1 aromatic rings. The van der Waals surface area contributed by atoms with Crippen LogP contribution in [0.15, 0.2) is 18.5 Å². The molecule has 0 aliphatic heterocycles. The van der Waals surface area contributed by atoms with Crippen LogP contribution in [0, 0.1) is 0 Å². The van der Waals surface area contributed by atoms with E-state index >= 15 is 0 Å². The van der Waals surface area contributed by atoms with Crippen molar-refractivity contribution in [2.24, 2.45) is 0 Å². The van der Waals surface area contributed by atoms with Crippen molar-refractivity contribution < 1.29 is 5.11 Å². The van der Waals surface area contributed by atoms with Gasteiger partial charge in [-0.2, -0.15) is 0 Å². The first-order valence-corrected chi connectivity index (χ1v) is 6.43. The SMILES string of the molecule is CCNc1cncc(NC2CCCCC2O)c1. The van der Waals surface area contributed by atoms with Crippen LogP contribution in [-0.2, 0) is 0 Å². The molecule has 3 N–H and O–H groups in total. The van der Waals surface area contributed by atoms with E-state index in [0.29, 0.717) is 0 Å². The zero-order valence-corrected chi connectivity index (χ0v) is 10.3. The second-order valence-electron chi connectivity index (χ2n) is 4.60. The van der Waals surface area contributed by atoms with E-state index in [1.54, 1.807) is 0 Å². The van der Waals surface area contributed by atoms with Crippen molar-refractivity contribution in [3.05, 3.63) is 18.5 Å². The van der Waals surface area contributed by atoms with Crippen molar-refractivity contribution in [2.45, 2.75) is 44.8 Å². The summed E-state index contributed by atoms with van der Waals surface area (Å²) in [6.45, 7) is 2.95. The fraction of sp³-hybridized carbons (Fsp3) is 0.615. The van der Waals surface area contributed by atoms with Gasteiger partial charge >= 0.3 is 0 Å². The van der Waals surface area contributed by atoms with Crippen molar-refractivity contribution in [1.29, 1.82) is 0 Å². The van der Waals surface area contributed by atoms with E-state index in [4.69, 9.17) is 0 Å². The van der Waals surface area contributed by atoms with Crippen molar-refractivity contribution in [3.63, 3.8) is 0 Å². The highest BCUT2D eigenvalue weighted by Gasteiger charge is 2.22. The van der Waals surface area contributed by atoms with Gasteiger partial charge in [0.2, 0.25) is 0 Å². The Bertz CT molecular complexity index is 356. The van der Waals surface area contributed by atoms with Crippen LogP contribution >= 0.6 is 0 Å². The van der Waals surface area contributed by atoms with E-state index in [2.05, 4.69) is 22.5 Å². The van der Waals surface area contributed by atoms with E-state index in [1.807, 2.05) is 18.5 Å². The number of hydrogen-bond donors (Lipinski definition) is 3. The molecule has 0 amide bonds. The maximum absolute atomic E-state index is 9.90. The van der Waals surface area contributed by atoms with Crippen LogP contribution in [-0.4, -0.2) is 28.8 Å². The summed E-state index contributed by atoms with van der Waals surface area (Å²) < 4.78 is 0. The number of rotatable bonds is 4. The highest BCUT2D eigenvalue weighted by atomic mass is 16.3. The molecule has 1 aromatic heterocycles. The van der Waals surface area contributed by atoms with Gasteiger partial charge < -0.3 is 15.7 Å². The van der Waals surface area contributed by atoms with Gasteiger partial charge in [0.15, 0.2) is 0 Å². The maximum atomic E-state index is 9.90. The molecular formula is C13H21N3O. The number of anilines is 2. The lowest BCUT2D eigenvalue weighted by Gasteiger charge is -2.29. The molecule has 2 atom stereocenters. The van der Waals surface area contributed by atoms with Crippen molar-refractivity contribution in [3.8, 4) is 0 Å². The first-order valence-electron chi connectivity index (χ1n) is 6.43. The van der Waals surface area contributed by atoms with Crippen molar-refractivity contribution in [1.82, 2.24) is 4.98 Å². The van der Waals surface area contributed by atoms with Gasteiger partial charge in [-0.25, -0.2) is 0 Å². The number of aliphatic hydroxyl groups is 1. The number of nitrogens with one attached hydrogen (secondary N) is 2. The second-order valence-corrected chi connectivity index (χ2v) is 4.60. The molecule has 0 saturated heterocycles. The molecule has 1 aliphatic rings. The van der Waals surface area contributed by atoms with Gasteiger partial charge in [0, 0.05) is 6.54 Å². The molecule has 2 unspecified atom stereocenters. The Kier molecular flexibility index (Phi) is 4.20. The molecule has 4 heteroatoms. The summed E-state index contributed by atoms with van der Waals surface area (Å²) in [7, 11) is 0. The largest absolute Gasteiger partial charge is 0.391 e. The third-order valence-electron chi connectivity index (χ3n) is 3.20. The Morgan fingerprint density at radius 1 is 1.29 bits per heavy atom. The van der Waals surface area contributed by atoms with E-state index in [-0.39, 0.29) is 12.1 Å². The van der Waals surface area contributed by atoms with Gasteiger partial charge in [-0.15, -0.1) is 0 Å². The molecule has 1 aliphatic carbocycles. The summed E-state index contributed by atoms with van der Waals surface area (Å²) in [5.41, 5.74) is 2.00. The summed E-state index contributed by atoms with van der Waals surface area (Å²) in [5.74, 6) is 0. The Hall–Kier alpha value is -1.29. The molecular weight excluding hydrogens is 214 g/mol. The standard InChI is InChI=1S/C13H21N3O/c1-2-15-10-7-11(9-14-8-10)16-12-5-3-4-6-13(12)17/h7-9,12-13,15-17H,2-6H2,1H3. The molecule has 1 fully saturated rings.